The van der Waals surface area contributed by atoms with Crippen LogP contribution in [-0.2, 0) is 14.3 Å². The monoisotopic (exact) mass is 333 g/mol. The minimum absolute atomic E-state index is 0.0569. The molecule has 0 aromatic heterocycles. The second-order valence-corrected chi connectivity index (χ2v) is 5.01. The van der Waals surface area contributed by atoms with Crippen molar-refractivity contribution in [2.45, 2.75) is 6.10 Å². The van der Waals surface area contributed by atoms with Gasteiger partial charge in [0, 0.05) is 17.2 Å². The van der Waals surface area contributed by atoms with E-state index in [9.17, 15) is 14.0 Å². The Balaban J connectivity index is 2.14. The number of primary amides is 1. The van der Waals surface area contributed by atoms with Gasteiger partial charge in [0.05, 0.1) is 5.02 Å². The van der Waals surface area contributed by atoms with E-state index in [1.54, 1.807) is 30.3 Å². The van der Waals surface area contributed by atoms with Crippen molar-refractivity contribution in [1.29, 1.82) is 0 Å². The van der Waals surface area contributed by atoms with Gasteiger partial charge in [-0.05, 0) is 18.2 Å². The van der Waals surface area contributed by atoms with E-state index >= 15 is 0 Å². The second kappa shape index (κ2) is 7.56. The van der Waals surface area contributed by atoms with Gasteiger partial charge in [-0.1, -0.05) is 48.0 Å². The molecule has 0 saturated carbocycles. The summed E-state index contributed by atoms with van der Waals surface area (Å²) in [5, 5.41) is 0.156. The molecule has 0 spiro atoms. The number of ether oxygens (including phenoxy) is 1. The molecule has 23 heavy (non-hydrogen) atoms. The number of benzene rings is 2. The third-order valence-electron chi connectivity index (χ3n) is 2.98. The third-order valence-corrected chi connectivity index (χ3v) is 3.31. The molecule has 4 nitrogen and oxygen atoms in total. The Morgan fingerprint density at radius 3 is 2.43 bits per heavy atom. The molecule has 0 bridgehead atoms. The van der Waals surface area contributed by atoms with E-state index in [0.29, 0.717) is 5.56 Å². The van der Waals surface area contributed by atoms with Gasteiger partial charge in [0.15, 0.2) is 0 Å². The van der Waals surface area contributed by atoms with Gasteiger partial charge in [0.2, 0.25) is 6.10 Å². The van der Waals surface area contributed by atoms with Gasteiger partial charge in [-0.2, -0.15) is 0 Å². The normalized spacial score (nSPS) is 12.1. The minimum atomic E-state index is -1.22. The lowest BCUT2D eigenvalue weighted by atomic mass is 10.1. The molecule has 2 aromatic rings. The topological polar surface area (TPSA) is 69.4 Å². The highest BCUT2D eigenvalue weighted by Crippen LogP contribution is 2.21. The van der Waals surface area contributed by atoms with Gasteiger partial charge in [-0.15, -0.1) is 0 Å². The summed E-state index contributed by atoms with van der Waals surface area (Å²) < 4.78 is 18.6. The molecule has 1 unspecified atom stereocenters. The average Bonchev–Trinajstić information content (AvgIpc) is 2.52. The predicted molar refractivity (Wildman–Crippen MR) is 84.9 cm³/mol. The molecule has 2 rings (SSSR count). The smallest absolute Gasteiger partial charge is 0.331 e. The van der Waals surface area contributed by atoms with Crippen LogP contribution in [0.5, 0.6) is 0 Å². The first-order valence-corrected chi connectivity index (χ1v) is 7.04. The molecule has 0 aliphatic carbocycles. The van der Waals surface area contributed by atoms with E-state index in [0.717, 1.165) is 6.08 Å². The molecule has 0 aliphatic heterocycles. The van der Waals surface area contributed by atoms with Crippen LogP contribution in [0.3, 0.4) is 0 Å². The SMILES string of the molecule is NC(=O)C(OC(=O)/C=C/c1c(F)cccc1Cl)c1ccccc1. The van der Waals surface area contributed by atoms with Gasteiger partial charge in [0.1, 0.15) is 5.82 Å². The summed E-state index contributed by atoms with van der Waals surface area (Å²) in [6, 6.07) is 12.5. The highest BCUT2D eigenvalue weighted by Gasteiger charge is 2.21. The molecule has 0 saturated heterocycles. The molecule has 6 heteroatoms. The van der Waals surface area contributed by atoms with E-state index in [-0.39, 0.29) is 10.6 Å². The fourth-order valence-corrected chi connectivity index (χ4v) is 2.12. The zero-order chi connectivity index (χ0) is 16.8. The van der Waals surface area contributed by atoms with Crippen molar-refractivity contribution in [1.82, 2.24) is 0 Å². The van der Waals surface area contributed by atoms with Crippen molar-refractivity contribution in [2.75, 3.05) is 0 Å². The Labute approximate surface area is 137 Å². The summed E-state index contributed by atoms with van der Waals surface area (Å²) in [6.07, 6.45) is 0.955. The molecule has 1 amide bonds. The number of halogens is 2. The maximum Gasteiger partial charge on any atom is 0.331 e. The number of hydrogen-bond donors (Lipinski definition) is 1. The first kappa shape index (κ1) is 16.7. The van der Waals surface area contributed by atoms with Gasteiger partial charge < -0.3 is 10.5 Å². The summed E-state index contributed by atoms with van der Waals surface area (Å²) >= 11 is 5.85. The molecule has 2 N–H and O–H groups in total. The van der Waals surface area contributed by atoms with Crippen LogP contribution in [0.15, 0.2) is 54.6 Å². The van der Waals surface area contributed by atoms with Crippen LogP contribution in [0.1, 0.15) is 17.2 Å². The van der Waals surface area contributed by atoms with Crippen LogP contribution in [0.2, 0.25) is 5.02 Å². The number of carbonyl (C=O) groups excluding carboxylic acids is 2. The second-order valence-electron chi connectivity index (χ2n) is 4.60. The van der Waals surface area contributed by atoms with E-state index in [2.05, 4.69) is 0 Å². The molecule has 0 radical (unpaired) electrons. The Bertz CT molecular complexity index is 727. The molecular formula is C17H13ClFNO3. The maximum atomic E-state index is 13.6. The van der Waals surface area contributed by atoms with Gasteiger partial charge >= 0.3 is 5.97 Å². The Hall–Kier alpha value is -2.66. The average molecular weight is 334 g/mol. The fourth-order valence-electron chi connectivity index (χ4n) is 1.89. The van der Waals surface area contributed by atoms with Crippen LogP contribution >= 0.6 is 11.6 Å². The lowest BCUT2D eigenvalue weighted by molar-refractivity contribution is -0.150. The summed E-state index contributed by atoms with van der Waals surface area (Å²) in [5.41, 5.74) is 5.76. The van der Waals surface area contributed by atoms with Crippen molar-refractivity contribution < 1.29 is 18.7 Å². The van der Waals surface area contributed by atoms with E-state index in [1.165, 1.54) is 24.3 Å². The number of esters is 1. The molecule has 118 valence electrons. The van der Waals surface area contributed by atoms with Crippen LogP contribution in [0, 0.1) is 5.82 Å². The maximum absolute atomic E-state index is 13.6. The Morgan fingerprint density at radius 2 is 1.83 bits per heavy atom. The first-order valence-electron chi connectivity index (χ1n) is 6.66. The fraction of sp³-hybridized carbons (Fsp3) is 0.0588. The minimum Gasteiger partial charge on any atom is -0.444 e. The first-order chi connectivity index (χ1) is 11.0. The Kier molecular flexibility index (Phi) is 5.49. The van der Waals surface area contributed by atoms with Crippen molar-refractivity contribution in [2.24, 2.45) is 5.73 Å². The largest absolute Gasteiger partial charge is 0.444 e. The summed E-state index contributed by atoms with van der Waals surface area (Å²) in [5.74, 6) is -2.21. The zero-order valence-corrected chi connectivity index (χ0v) is 12.7. The lowest BCUT2D eigenvalue weighted by Crippen LogP contribution is -2.25. The number of amides is 1. The van der Waals surface area contributed by atoms with E-state index in [4.69, 9.17) is 22.1 Å². The predicted octanol–water partition coefficient (Wildman–Crippen LogP) is 3.26. The number of carbonyl (C=O) groups is 2. The number of hydrogen-bond acceptors (Lipinski definition) is 3. The lowest BCUT2D eigenvalue weighted by Gasteiger charge is -2.13. The van der Waals surface area contributed by atoms with E-state index < -0.39 is 23.8 Å². The quantitative estimate of drug-likeness (QED) is 0.674. The highest BCUT2D eigenvalue weighted by atomic mass is 35.5. The van der Waals surface area contributed by atoms with E-state index in [1.807, 2.05) is 0 Å². The van der Waals surface area contributed by atoms with Gasteiger partial charge in [-0.25, -0.2) is 9.18 Å². The highest BCUT2D eigenvalue weighted by molar-refractivity contribution is 6.32. The molecule has 0 aliphatic rings. The molecule has 0 fully saturated rings. The van der Waals surface area contributed by atoms with Crippen molar-refractivity contribution in [3.05, 3.63) is 76.6 Å². The van der Waals surface area contributed by atoms with Crippen LogP contribution in [-0.4, -0.2) is 11.9 Å². The molecular weight excluding hydrogens is 321 g/mol. The summed E-state index contributed by atoms with van der Waals surface area (Å²) in [6.45, 7) is 0. The molecule has 0 heterocycles. The Morgan fingerprint density at radius 1 is 1.13 bits per heavy atom. The third kappa shape index (κ3) is 4.40. The summed E-state index contributed by atoms with van der Waals surface area (Å²) in [7, 11) is 0. The molecule has 2 aromatic carbocycles. The van der Waals surface area contributed by atoms with Crippen molar-refractivity contribution in [3.8, 4) is 0 Å². The standard InChI is InChI=1S/C17H13ClFNO3/c18-13-7-4-8-14(19)12(13)9-10-15(21)23-16(17(20)22)11-5-2-1-3-6-11/h1-10,16H,(H2,20,22)/b10-9+. The van der Waals surface area contributed by atoms with Gasteiger partial charge in [0.25, 0.3) is 5.91 Å². The summed E-state index contributed by atoms with van der Waals surface area (Å²) in [4.78, 5) is 23.3. The number of nitrogens with two attached hydrogens (primary N) is 1. The molecule has 1 atom stereocenters. The zero-order valence-electron chi connectivity index (χ0n) is 11.9. The van der Waals surface area contributed by atoms with Crippen molar-refractivity contribution >= 4 is 29.6 Å². The van der Waals surface area contributed by atoms with Crippen LogP contribution < -0.4 is 5.73 Å². The van der Waals surface area contributed by atoms with Crippen LogP contribution in [0.25, 0.3) is 6.08 Å². The van der Waals surface area contributed by atoms with Crippen molar-refractivity contribution in [3.63, 3.8) is 0 Å². The van der Waals surface area contributed by atoms with Crippen LogP contribution in [0.4, 0.5) is 4.39 Å². The van der Waals surface area contributed by atoms with Gasteiger partial charge in [-0.3, -0.25) is 4.79 Å². The number of rotatable bonds is 5.